The fraction of sp³-hybridized carbons (Fsp3) is 0.467. The molecular formula is C30H41N7O15. The molecule has 0 spiro atoms. The first-order valence-electron chi connectivity index (χ1n) is 15.6. The van der Waals surface area contributed by atoms with Gasteiger partial charge in [-0.05, 0) is 50.3 Å². The van der Waals surface area contributed by atoms with Crippen LogP contribution in [0, 0.1) is 0 Å². The lowest BCUT2D eigenvalue weighted by atomic mass is 10.1. The number of amides is 7. The molecule has 286 valence electrons. The maximum absolute atomic E-state index is 12.6. The Morgan fingerprint density at radius 2 is 1.21 bits per heavy atom. The van der Waals surface area contributed by atoms with E-state index in [0.29, 0.717) is 17.7 Å². The number of carboxylic acids is 5. The van der Waals surface area contributed by atoms with E-state index in [1.54, 1.807) is 0 Å². The first kappa shape index (κ1) is 43.5. The molecule has 0 saturated carbocycles. The molecule has 1 aromatic carbocycles. The van der Waals surface area contributed by atoms with Gasteiger partial charge >= 0.3 is 41.9 Å². The first-order chi connectivity index (χ1) is 24.4. The molecule has 0 aliphatic carbocycles. The van der Waals surface area contributed by atoms with Gasteiger partial charge in [0.15, 0.2) is 0 Å². The predicted molar refractivity (Wildman–Crippen MR) is 175 cm³/mol. The van der Waals surface area contributed by atoms with Gasteiger partial charge in [0, 0.05) is 18.7 Å². The normalized spacial score (nSPS) is 12.7. The Balaban J connectivity index is 2.54. The van der Waals surface area contributed by atoms with Crippen LogP contribution in [0.25, 0.3) is 0 Å². The standard InChI is InChI=1S/C30H41N7O15/c1-15(25(45)32-14-24(43)44)33-26(46)20(13-23(41)42)35-21(38)12-16-5-7-17(8-6-16)34-29(51)31-11-3-2-4-18(27(47)48)36-30(52)37-19(28(49)50)9-10-22(39)40/h5-8,15,18-20H,2-4,9-14H2,1H3,(H,32,45)(H,33,46)(H,35,38)(H,39,40)(H,41,42)(H,43,44)(H,47,48)(H,49,50)(H2,31,34,51)(H2,36,37,52)/t15-,18?,19-,20-/m0/s1. The summed E-state index contributed by atoms with van der Waals surface area (Å²) in [7, 11) is 0. The smallest absolute Gasteiger partial charge is 0.326 e. The first-order valence-corrected chi connectivity index (χ1v) is 15.6. The van der Waals surface area contributed by atoms with Crippen LogP contribution in [-0.2, 0) is 44.8 Å². The van der Waals surface area contributed by atoms with Crippen molar-refractivity contribution in [1.29, 1.82) is 0 Å². The van der Waals surface area contributed by atoms with Crippen LogP contribution in [0.4, 0.5) is 15.3 Å². The van der Waals surface area contributed by atoms with Gasteiger partial charge in [0.2, 0.25) is 17.7 Å². The van der Waals surface area contributed by atoms with Crippen molar-refractivity contribution in [2.45, 2.75) is 76.0 Å². The van der Waals surface area contributed by atoms with Crippen LogP contribution in [0.5, 0.6) is 0 Å². The number of urea groups is 2. The van der Waals surface area contributed by atoms with Crippen molar-refractivity contribution in [1.82, 2.24) is 31.9 Å². The van der Waals surface area contributed by atoms with Gasteiger partial charge in [0.25, 0.3) is 0 Å². The summed E-state index contributed by atoms with van der Waals surface area (Å²) in [5, 5.41) is 60.8. The average Bonchev–Trinajstić information content (AvgIpc) is 3.04. The molecule has 22 nitrogen and oxygen atoms in total. The number of aliphatic carboxylic acids is 5. The van der Waals surface area contributed by atoms with Crippen molar-refractivity contribution in [2.24, 2.45) is 0 Å². The van der Waals surface area contributed by atoms with E-state index in [0.717, 1.165) is 0 Å². The Bertz CT molecular complexity index is 1490. The Morgan fingerprint density at radius 3 is 1.75 bits per heavy atom. The number of carbonyl (C=O) groups excluding carboxylic acids is 5. The number of carboxylic acid groups (broad SMARTS) is 5. The molecular weight excluding hydrogens is 698 g/mol. The average molecular weight is 740 g/mol. The molecule has 1 rings (SSSR count). The molecule has 1 unspecified atom stereocenters. The Kier molecular flexibility index (Phi) is 18.7. The van der Waals surface area contributed by atoms with Gasteiger partial charge in [-0.3, -0.25) is 28.8 Å². The number of nitrogens with one attached hydrogen (secondary N) is 7. The van der Waals surface area contributed by atoms with Gasteiger partial charge in [-0.25, -0.2) is 19.2 Å². The summed E-state index contributed by atoms with van der Waals surface area (Å²) >= 11 is 0. The molecule has 52 heavy (non-hydrogen) atoms. The Morgan fingerprint density at radius 1 is 0.615 bits per heavy atom. The molecule has 1 aromatic rings. The second kappa shape index (κ2) is 22.3. The molecule has 0 saturated heterocycles. The van der Waals surface area contributed by atoms with Crippen molar-refractivity contribution in [3.8, 4) is 0 Å². The number of anilines is 1. The third kappa shape index (κ3) is 18.3. The van der Waals surface area contributed by atoms with Crippen LogP contribution in [0.15, 0.2) is 24.3 Å². The molecule has 0 fully saturated rings. The summed E-state index contributed by atoms with van der Waals surface area (Å²) in [5.74, 6) is -9.44. The van der Waals surface area contributed by atoms with Crippen LogP contribution in [-0.4, -0.2) is 122 Å². The van der Waals surface area contributed by atoms with Crippen molar-refractivity contribution in [2.75, 3.05) is 18.4 Å². The van der Waals surface area contributed by atoms with Crippen LogP contribution in [0.1, 0.15) is 51.0 Å². The number of carbonyl (C=O) groups is 10. The van der Waals surface area contributed by atoms with Crippen LogP contribution < -0.4 is 37.2 Å². The molecule has 0 aromatic heterocycles. The summed E-state index contributed by atoms with van der Waals surface area (Å²) in [5.41, 5.74) is 0.748. The number of rotatable bonds is 23. The van der Waals surface area contributed by atoms with Crippen molar-refractivity contribution in [3.05, 3.63) is 29.8 Å². The number of benzene rings is 1. The highest BCUT2D eigenvalue weighted by molar-refractivity contribution is 5.95. The van der Waals surface area contributed by atoms with E-state index in [1.165, 1.54) is 31.2 Å². The monoisotopic (exact) mass is 739 g/mol. The SMILES string of the molecule is C[C@H](NC(=O)[C@H](CC(=O)O)NC(=O)Cc1ccc(NC(=O)NCCCCC(NC(=O)N[C@@H](CCC(=O)O)C(=O)O)C(=O)O)cc1)C(=O)NCC(=O)O. The number of hydrogen-bond donors (Lipinski definition) is 12. The largest absolute Gasteiger partial charge is 0.481 e. The fourth-order valence-corrected chi connectivity index (χ4v) is 4.21. The highest BCUT2D eigenvalue weighted by Gasteiger charge is 2.27. The zero-order chi connectivity index (χ0) is 39.4. The fourth-order valence-electron chi connectivity index (χ4n) is 4.21. The third-order valence-electron chi connectivity index (χ3n) is 6.83. The minimum atomic E-state index is -1.55. The predicted octanol–water partition coefficient (Wildman–Crippen LogP) is -1.74. The van der Waals surface area contributed by atoms with E-state index in [1.807, 2.05) is 5.32 Å². The van der Waals surface area contributed by atoms with E-state index in [4.69, 9.17) is 20.4 Å². The zero-order valence-electron chi connectivity index (χ0n) is 27.8. The molecule has 12 N–H and O–H groups in total. The van der Waals surface area contributed by atoms with Crippen LogP contribution >= 0.6 is 0 Å². The highest BCUT2D eigenvalue weighted by atomic mass is 16.4. The number of hydrogen-bond acceptors (Lipinski definition) is 10. The molecule has 0 bridgehead atoms. The second-order valence-corrected chi connectivity index (χ2v) is 11.1. The lowest BCUT2D eigenvalue weighted by molar-refractivity contribution is -0.142. The molecule has 0 radical (unpaired) electrons. The van der Waals surface area contributed by atoms with Crippen molar-refractivity contribution in [3.63, 3.8) is 0 Å². The minimum absolute atomic E-state index is 0.0689. The highest BCUT2D eigenvalue weighted by Crippen LogP contribution is 2.11. The molecule has 0 aliphatic heterocycles. The lowest BCUT2D eigenvalue weighted by Gasteiger charge is -2.20. The van der Waals surface area contributed by atoms with Gasteiger partial charge in [0.1, 0.15) is 30.7 Å². The third-order valence-corrected chi connectivity index (χ3v) is 6.83. The van der Waals surface area contributed by atoms with Crippen LogP contribution in [0.3, 0.4) is 0 Å². The van der Waals surface area contributed by atoms with Crippen molar-refractivity contribution < 1.29 is 73.5 Å². The lowest BCUT2D eigenvalue weighted by Crippen LogP contribution is -2.53. The zero-order valence-corrected chi connectivity index (χ0v) is 27.8. The maximum Gasteiger partial charge on any atom is 0.326 e. The van der Waals surface area contributed by atoms with Gasteiger partial charge in [-0.15, -0.1) is 0 Å². The summed E-state index contributed by atoms with van der Waals surface area (Å²) in [4.78, 5) is 117. The van der Waals surface area contributed by atoms with Gasteiger partial charge in [-0.2, -0.15) is 0 Å². The Labute approximate surface area is 295 Å². The van der Waals surface area contributed by atoms with Crippen LogP contribution in [0.2, 0.25) is 0 Å². The van der Waals surface area contributed by atoms with Gasteiger partial charge < -0.3 is 62.8 Å². The molecule has 4 atom stereocenters. The number of unbranched alkanes of at least 4 members (excludes halogenated alkanes) is 1. The van der Waals surface area contributed by atoms with E-state index >= 15 is 0 Å². The van der Waals surface area contributed by atoms with E-state index in [-0.39, 0.29) is 25.8 Å². The summed E-state index contributed by atoms with van der Waals surface area (Å²) in [6, 6.07) is -1.54. The topological polar surface area (TPSA) is 356 Å². The summed E-state index contributed by atoms with van der Waals surface area (Å²) < 4.78 is 0. The molecule has 7 amide bonds. The Hall–Kier alpha value is -6.48. The second-order valence-electron chi connectivity index (χ2n) is 11.1. The minimum Gasteiger partial charge on any atom is -0.481 e. The quantitative estimate of drug-likeness (QED) is 0.0554. The van der Waals surface area contributed by atoms with E-state index < -0.39 is 110 Å². The molecule has 0 heterocycles. The van der Waals surface area contributed by atoms with E-state index in [2.05, 4.69) is 31.9 Å². The summed E-state index contributed by atoms with van der Waals surface area (Å²) in [6.07, 6.45) is -1.58. The maximum atomic E-state index is 12.6. The molecule has 0 aliphatic rings. The van der Waals surface area contributed by atoms with Gasteiger partial charge in [-0.1, -0.05) is 12.1 Å². The van der Waals surface area contributed by atoms with E-state index in [9.17, 15) is 53.1 Å². The van der Waals surface area contributed by atoms with Gasteiger partial charge in [0.05, 0.1) is 12.8 Å². The summed E-state index contributed by atoms with van der Waals surface area (Å²) in [6.45, 7) is 0.647. The molecule has 22 heteroatoms. The van der Waals surface area contributed by atoms with Crippen molar-refractivity contribution >= 4 is 65.3 Å².